The molecule has 0 amide bonds. The van der Waals surface area contributed by atoms with E-state index < -0.39 is 0 Å². The lowest BCUT2D eigenvalue weighted by Crippen LogP contribution is -2.01. The van der Waals surface area contributed by atoms with E-state index >= 15 is 0 Å². The summed E-state index contributed by atoms with van der Waals surface area (Å²) in [5, 5.41) is 0.695. The first kappa shape index (κ1) is 12.8. The summed E-state index contributed by atoms with van der Waals surface area (Å²) >= 11 is 6.04. The van der Waals surface area contributed by atoms with Crippen LogP contribution >= 0.6 is 11.6 Å². The van der Waals surface area contributed by atoms with Crippen molar-refractivity contribution in [1.29, 1.82) is 0 Å². The number of rotatable bonds is 4. The van der Waals surface area contributed by atoms with Crippen molar-refractivity contribution in [3.05, 3.63) is 40.4 Å². The standard InChI is InChI=1S/C13H15ClO2/c1-3-16-13(15)9-5-7-11-10(2)6-4-8-12(11)14/h4-8H,3,9H2,1-2H3. The largest absolute Gasteiger partial charge is 0.466 e. The molecule has 0 bridgehead atoms. The van der Waals surface area contributed by atoms with Crippen molar-refractivity contribution in [2.45, 2.75) is 20.3 Å². The Morgan fingerprint density at radius 1 is 1.50 bits per heavy atom. The molecule has 0 radical (unpaired) electrons. The lowest BCUT2D eigenvalue weighted by molar-refractivity contribution is -0.142. The summed E-state index contributed by atoms with van der Waals surface area (Å²) in [6, 6.07) is 5.72. The topological polar surface area (TPSA) is 26.3 Å². The molecule has 1 aromatic carbocycles. The highest BCUT2D eigenvalue weighted by Gasteiger charge is 2.00. The minimum atomic E-state index is -0.219. The molecule has 1 rings (SSSR count). The van der Waals surface area contributed by atoms with Gasteiger partial charge in [-0.1, -0.05) is 35.9 Å². The molecule has 16 heavy (non-hydrogen) atoms. The zero-order chi connectivity index (χ0) is 12.0. The van der Waals surface area contributed by atoms with E-state index in [1.165, 1.54) is 0 Å². The quantitative estimate of drug-likeness (QED) is 0.749. The van der Waals surface area contributed by atoms with Gasteiger partial charge in [-0.2, -0.15) is 0 Å². The van der Waals surface area contributed by atoms with Gasteiger partial charge in [0.25, 0.3) is 0 Å². The minimum Gasteiger partial charge on any atom is -0.466 e. The van der Waals surface area contributed by atoms with Crippen LogP contribution in [0.5, 0.6) is 0 Å². The number of carbonyl (C=O) groups is 1. The maximum absolute atomic E-state index is 11.1. The Morgan fingerprint density at radius 2 is 2.25 bits per heavy atom. The molecule has 0 aliphatic heterocycles. The Labute approximate surface area is 101 Å². The van der Waals surface area contributed by atoms with Gasteiger partial charge in [-0.3, -0.25) is 4.79 Å². The Balaban J connectivity index is 2.66. The van der Waals surface area contributed by atoms with Crippen LogP contribution in [0.3, 0.4) is 0 Å². The number of ether oxygens (including phenoxy) is 1. The molecule has 0 heterocycles. The highest BCUT2D eigenvalue weighted by molar-refractivity contribution is 6.32. The second-order valence-corrected chi connectivity index (χ2v) is 3.79. The molecule has 0 aliphatic rings. The fraction of sp³-hybridized carbons (Fsp3) is 0.308. The van der Waals surface area contributed by atoms with Crippen molar-refractivity contribution in [3.8, 4) is 0 Å². The average Bonchev–Trinajstić information content (AvgIpc) is 2.23. The van der Waals surface area contributed by atoms with Crippen LogP contribution in [0.25, 0.3) is 6.08 Å². The number of carbonyl (C=O) groups excluding carboxylic acids is 1. The summed E-state index contributed by atoms with van der Waals surface area (Å²) in [5.41, 5.74) is 2.04. The third-order valence-electron chi connectivity index (χ3n) is 2.15. The first-order valence-corrected chi connectivity index (χ1v) is 5.60. The van der Waals surface area contributed by atoms with Crippen LogP contribution in [0.2, 0.25) is 5.02 Å². The van der Waals surface area contributed by atoms with E-state index in [-0.39, 0.29) is 12.4 Å². The van der Waals surface area contributed by atoms with Crippen molar-refractivity contribution in [2.75, 3.05) is 6.61 Å². The van der Waals surface area contributed by atoms with E-state index in [9.17, 15) is 4.79 Å². The van der Waals surface area contributed by atoms with Crippen LogP contribution in [0.15, 0.2) is 24.3 Å². The van der Waals surface area contributed by atoms with Gasteiger partial charge in [-0.05, 0) is 31.0 Å². The predicted molar refractivity (Wildman–Crippen MR) is 66.5 cm³/mol. The van der Waals surface area contributed by atoms with Gasteiger partial charge in [0.1, 0.15) is 0 Å². The monoisotopic (exact) mass is 238 g/mol. The zero-order valence-corrected chi connectivity index (χ0v) is 10.3. The molecule has 0 saturated carbocycles. The SMILES string of the molecule is CCOC(=O)CC=Cc1c(C)cccc1Cl. The van der Waals surface area contributed by atoms with Gasteiger partial charge in [-0.15, -0.1) is 0 Å². The molecule has 1 aromatic rings. The van der Waals surface area contributed by atoms with Crippen LogP contribution in [-0.2, 0) is 9.53 Å². The maximum Gasteiger partial charge on any atom is 0.309 e. The van der Waals surface area contributed by atoms with E-state index in [1.54, 1.807) is 13.0 Å². The van der Waals surface area contributed by atoms with Crippen molar-refractivity contribution in [2.24, 2.45) is 0 Å². The van der Waals surface area contributed by atoms with Gasteiger partial charge in [0.2, 0.25) is 0 Å². The fourth-order valence-electron chi connectivity index (χ4n) is 1.35. The number of esters is 1. The van der Waals surface area contributed by atoms with Gasteiger partial charge in [-0.25, -0.2) is 0 Å². The first-order chi connectivity index (χ1) is 7.65. The molecule has 0 aromatic heterocycles. The highest BCUT2D eigenvalue weighted by Crippen LogP contribution is 2.20. The lowest BCUT2D eigenvalue weighted by atomic mass is 10.1. The third-order valence-corrected chi connectivity index (χ3v) is 2.47. The van der Waals surface area contributed by atoms with Crippen molar-refractivity contribution in [3.63, 3.8) is 0 Å². The number of halogens is 1. The zero-order valence-electron chi connectivity index (χ0n) is 9.50. The van der Waals surface area contributed by atoms with E-state index in [1.807, 2.05) is 31.2 Å². The molecule has 0 fully saturated rings. The van der Waals surface area contributed by atoms with Gasteiger partial charge in [0.05, 0.1) is 13.0 Å². The second kappa shape index (κ2) is 6.33. The Hall–Kier alpha value is -1.28. The van der Waals surface area contributed by atoms with E-state index in [4.69, 9.17) is 16.3 Å². The average molecular weight is 239 g/mol. The Bertz CT molecular complexity index is 377. The molecular weight excluding hydrogens is 224 g/mol. The lowest BCUT2D eigenvalue weighted by Gasteiger charge is -2.02. The molecule has 0 saturated heterocycles. The summed E-state index contributed by atoms with van der Waals surface area (Å²) in [6.45, 7) is 4.19. The van der Waals surface area contributed by atoms with Crippen LogP contribution in [-0.4, -0.2) is 12.6 Å². The number of hydrogen-bond acceptors (Lipinski definition) is 2. The van der Waals surface area contributed by atoms with Gasteiger partial charge in [0, 0.05) is 5.02 Å². The van der Waals surface area contributed by atoms with Gasteiger partial charge < -0.3 is 4.74 Å². The van der Waals surface area contributed by atoms with E-state index in [0.717, 1.165) is 11.1 Å². The van der Waals surface area contributed by atoms with Gasteiger partial charge in [0.15, 0.2) is 0 Å². The van der Waals surface area contributed by atoms with Crippen molar-refractivity contribution >= 4 is 23.6 Å². The second-order valence-electron chi connectivity index (χ2n) is 3.38. The molecular formula is C13H15ClO2. The van der Waals surface area contributed by atoms with Crippen molar-refractivity contribution in [1.82, 2.24) is 0 Å². The van der Waals surface area contributed by atoms with E-state index in [2.05, 4.69) is 0 Å². The molecule has 2 nitrogen and oxygen atoms in total. The van der Waals surface area contributed by atoms with Crippen LogP contribution < -0.4 is 0 Å². The van der Waals surface area contributed by atoms with Crippen LogP contribution in [0.4, 0.5) is 0 Å². The summed E-state index contributed by atoms with van der Waals surface area (Å²) < 4.78 is 4.82. The minimum absolute atomic E-state index is 0.219. The van der Waals surface area contributed by atoms with Gasteiger partial charge >= 0.3 is 5.97 Å². The van der Waals surface area contributed by atoms with E-state index in [0.29, 0.717) is 11.6 Å². The summed E-state index contributed by atoms with van der Waals surface area (Å²) in [7, 11) is 0. The first-order valence-electron chi connectivity index (χ1n) is 5.22. The smallest absolute Gasteiger partial charge is 0.309 e. The molecule has 86 valence electrons. The maximum atomic E-state index is 11.1. The summed E-state index contributed by atoms with van der Waals surface area (Å²) in [4.78, 5) is 11.1. The number of aryl methyl sites for hydroxylation is 1. The Morgan fingerprint density at radius 3 is 2.88 bits per heavy atom. The highest BCUT2D eigenvalue weighted by atomic mass is 35.5. The van der Waals surface area contributed by atoms with Crippen LogP contribution in [0, 0.1) is 6.92 Å². The number of benzene rings is 1. The summed E-state index contributed by atoms with van der Waals surface area (Å²) in [5.74, 6) is -0.219. The molecule has 0 atom stereocenters. The predicted octanol–water partition coefficient (Wildman–Crippen LogP) is 3.61. The Kier molecular flexibility index (Phi) is 5.06. The number of hydrogen-bond donors (Lipinski definition) is 0. The molecule has 3 heteroatoms. The summed E-state index contributed by atoms with van der Waals surface area (Å²) in [6.07, 6.45) is 3.90. The van der Waals surface area contributed by atoms with Crippen molar-refractivity contribution < 1.29 is 9.53 Å². The molecule has 0 spiro atoms. The molecule has 0 N–H and O–H groups in total. The molecule has 0 unspecified atom stereocenters. The third kappa shape index (κ3) is 3.70. The normalized spacial score (nSPS) is 10.7. The van der Waals surface area contributed by atoms with Crippen LogP contribution in [0.1, 0.15) is 24.5 Å². The molecule has 0 aliphatic carbocycles. The fourth-order valence-corrected chi connectivity index (χ4v) is 1.63.